The van der Waals surface area contributed by atoms with Gasteiger partial charge in [-0.1, -0.05) is 36.9 Å². The summed E-state index contributed by atoms with van der Waals surface area (Å²) in [6.07, 6.45) is 1.34. The van der Waals surface area contributed by atoms with Gasteiger partial charge in [0.2, 0.25) is 11.8 Å². The largest absolute Gasteiger partial charge is 0.438 e. The molecule has 0 bridgehead atoms. The maximum absolute atomic E-state index is 9.17. The van der Waals surface area contributed by atoms with Crippen LogP contribution in [0.1, 0.15) is 11.1 Å². The van der Waals surface area contributed by atoms with Crippen molar-refractivity contribution in [2.45, 2.75) is 0 Å². The molecule has 0 aliphatic rings. The molecule has 0 spiro atoms. The Labute approximate surface area is 157 Å². The topological polar surface area (TPSA) is 77.3 Å². The standard InChI is InChI=1S/C21H17N3O3/c1-15(13-25-2)17-8-4-6-10-19(17)27-21-11-20(23-14-24-21)26-18-9-5-3-7-16(18)12-22/h3-11,14H,1,13H2,2H3. The van der Waals surface area contributed by atoms with Gasteiger partial charge < -0.3 is 14.2 Å². The summed E-state index contributed by atoms with van der Waals surface area (Å²) in [5.41, 5.74) is 2.04. The quantitative estimate of drug-likeness (QED) is 0.614. The molecule has 0 fully saturated rings. The fourth-order valence-electron chi connectivity index (χ4n) is 2.41. The zero-order valence-corrected chi connectivity index (χ0v) is 14.8. The lowest BCUT2D eigenvalue weighted by molar-refractivity contribution is 0.239. The number of nitriles is 1. The van der Waals surface area contributed by atoms with Gasteiger partial charge in [0.25, 0.3) is 0 Å². The van der Waals surface area contributed by atoms with E-state index in [2.05, 4.69) is 22.6 Å². The minimum atomic E-state index is 0.274. The lowest BCUT2D eigenvalue weighted by Crippen LogP contribution is -1.98. The molecule has 0 unspecified atom stereocenters. The molecule has 0 amide bonds. The fourth-order valence-corrected chi connectivity index (χ4v) is 2.41. The van der Waals surface area contributed by atoms with Gasteiger partial charge in [-0.3, -0.25) is 0 Å². The maximum Gasteiger partial charge on any atom is 0.226 e. The molecular formula is C21H17N3O3. The maximum atomic E-state index is 9.17. The van der Waals surface area contributed by atoms with Crippen LogP contribution >= 0.6 is 0 Å². The van der Waals surface area contributed by atoms with E-state index in [1.807, 2.05) is 24.3 Å². The van der Waals surface area contributed by atoms with Crippen LogP contribution in [0.5, 0.6) is 23.3 Å². The first-order chi connectivity index (χ1) is 13.2. The molecule has 0 saturated heterocycles. The molecule has 1 aromatic heterocycles. The van der Waals surface area contributed by atoms with E-state index in [9.17, 15) is 0 Å². The molecule has 0 radical (unpaired) electrons. The van der Waals surface area contributed by atoms with Crippen molar-refractivity contribution >= 4 is 5.57 Å². The molecule has 3 rings (SSSR count). The first kappa shape index (κ1) is 18.1. The number of nitrogens with zero attached hydrogens (tertiary/aromatic N) is 3. The Kier molecular flexibility index (Phi) is 5.77. The second-order valence-electron chi connectivity index (χ2n) is 5.54. The number of hydrogen-bond acceptors (Lipinski definition) is 6. The summed E-state index contributed by atoms with van der Waals surface area (Å²) < 4.78 is 16.7. The van der Waals surface area contributed by atoms with Gasteiger partial charge in [-0.2, -0.15) is 5.26 Å². The van der Waals surface area contributed by atoms with Crippen LogP contribution in [-0.4, -0.2) is 23.7 Å². The first-order valence-electron chi connectivity index (χ1n) is 8.14. The molecule has 1 heterocycles. The van der Waals surface area contributed by atoms with Crippen LogP contribution in [0.4, 0.5) is 0 Å². The molecule has 6 nitrogen and oxygen atoms in total. The zero-order valence-electron chi connectivity index (χ0n) is 14.8. The number of methoxy groups -OCH3 is 1. The Morgan fingerprint density at radius 3 is 2.33 bits per heavy atom. The monoisotopic (exact) mass is 359 g/mol. The number of benzene rings is 2. The zero-order chi connectivity index (χ0) is 19.1. The Balaban J connectivity index is 1.83. The van der Waals surface area contributed by atoms with Gasteiger partial charge >= 0.3 is 0 Å². The van der Waals surface area contributed by atoms with Crippen molar-refractivity contribution < 1.29 is 14.2 Å². The molecule has 0 aliphatic carbocycles. The average Bonchev–Trinajstić information content (AvgIpc) is 2.69. The number of hydrogen-bond donors (Lipinski definition) is 0. The first-order valence-corrected chi connectivity index (χ1v) is 8.14. The molecule has 134 valence electrons. The van der Waals surface area contributed by atoms with E-state index >= 15 is 0 Å². The van der Waals surface area contributed by atoms with Crippen molar-refractivity contribution in [1.29, 1.82) is 5.26 Å². The van der Waals surface area contributed by atoms with E-state index in [-0.39, 0.29) is 5.88 Å². The smallest absolute Gasteiger partial charge is 0.226 e. The van der Waals surface area contributed by atoms with Crippen LogP contribution in [0.15, 0.2) is 67.5 Å². The van der Waals surface area contributed by atoms with E-state index in [1.54, 1.807) is 37.4 Å². The second-order valence-corrected chi connectivity index (χ2v) is 5.54. The Hall–Kier alpha value is -3.69. The summed E-state index contributed by atoms with van der Waals surface area (Å²) in [7, 11) is 1.61. The molecular weight excluding hydrogens is 342 g/mol. The Morgan fingerprint density at radius 2 is 1.63 bits per heavy atom. The Bertz CT molecular complexity index is 996. The molecule has 3 aromatic rings. The Morgan fingerprint density at radius 1 is 1.00 bits per heavy atom. The lowest BCUT2D eigenvalue weighted by Gasteiger charge is -2.12. The highest BCUT2D eigenvalue weighted by atomic mass is 16.5. The molecule has 0 aliphatic heterocycles. The predicted molar refractivity (Wildman–Crippen MR) is 101 cm³/mol. The summed E-state index contributed by atoms with van der Waals surface area (Å²) >= 11 is 0. The van der Waals surface area contributed by atoms with Crippen molar-refractivity contribution in [2.75, 3.05) is 13.7 Å². The minimum Gasteiger partial charge on any atom is -0.438 e. The normalized spacial score (nSPS) is 10.1. The predicted octanol–water partition coefficient (Wildman–Crippen LogP) is 4.59. The van der Waals surface area contributed by atoms with Crippen LogP contribution in [0, 0.1) is 11.3 Å². The summed E-state index contributed by atoms with van der Waals surface area (Å²) in [6.45, 7) is 4.41. The highest BCUT2D eigenvalue weighted by Gasteiger charge is 2.11. The van der Waals surface area contributed by atoms with Crippen molar-refractivity contribution in [3.8, 4) is 29.3 Å². The van der Waals surface area contributed by atoms with Crippen molar-refractivity contribution in [1.82, 2.24) is 9.97 Å². The highest BCUT2D eigenvalue weighted by Crippen LogP contribution is 2.30. The van der Waals surface area contributed by atoms with Gasteiger partial charge in [-0.25, -0.2) is 9.97 Å². The number of aromatic nitrogens is 2. The van der Waals surface area contributed by atoms with Gasteiger partial charge in [-0.15, -0.1) is 0 Å². The van der Waals surface area contributed by atoms with Gasteiger partial charge in [-0.05, 0) is 23.8 Å². The molecule has 0 atom stereocenters. The van der Waals surface area contributed by atoms with E-state index in [0.717, 1.165) is 11.1 Å². The molecule has 27 heavy (non-hydrogen) atoms. The van der Waals surface area contributed by atoms with Crippen LogP contribution < -0.4 is 9.47 Å². The summed E-state index contributed by atoms with van der Waals surface area (Å²) in [5, 5.41) is 9.17. The van der Waals surface area contributed by atoms with Crippen LogP contribution in [0.2, 0.25) is 0 Å². The van der Waals surface area contributed by atoms with Gasteiger partial charge in [0.05, 0.1) is 18.2 Å². The van der Waals surface area contributed by atoms with Gasteiger partial charge in [0.1, 0.15) is 23.9 Å². The van der Waals surface area contributed by atoms with Crippen molar-refractivity contribution in [2.24, 2.45) is 0 Å². The summed E-state index contributed by atoms with van der Waals surface area (Å²) in [4.78, 5) is 8.20. The number of para-hydroxylation sites is 2. The molecule has 0 N–H and O–H groups in total. The molecule has 6 heteroatoms. The number of ether oxygens (including phenoxy) is 3. The van der Waals surface area contributed by atoms with E-state index < -0.39 is 0 Å². The summed E-state index contributed by atoms with van der Waals surface area (Å²) in [5.74, 6) is 1.60. The second kappa shape index (κ2) is 8.61. The van der Waals surface area contributed by atoms with E-state index in [4.69, 9.17) is 19.5 Å². The van der Waals surface area contributed by atoms with Crippen molar-refractivity contribution in [3.63, 3.8) is 0 Å². The third-order valence-electron chi connectivity index (χ3n) is 3.64. The van der Waals surface area contributed by atoms with Crippen molar-refractivity contribution in [3.05, 3.63) is 78.6 Å². The third kappa shape index (κ3) is 4.48. The molecule has 0 saturated carbocycles. The van der Waals surface area contributed by atoms with Crippen LogP contribution in [-0.2, 0) is 4.74 Å². The number of rotatable bonds is 7. The van der Waals surface area contributed by atoms with E-state index in [1.165, 1.54) is 6.33 Å². The van der Waals surface area contributed by atoms with Gasteiger partial charge in [0, 0.05) is 12.7 Å². The van der Waals surface area contributed by atoms with Crippen LogP contribution in [0.25, 0.3) is 5.57 Å². The minimum absolute atomic E-state index is 0.274. The van der Waals surface area contributed by atoms with Gasteiger partial charge in [0.15, 0.2) is 0 Å². The van der Waals surface area contributed by atoms with E-state index in [0.29, 0.717) is 29.5 Å². The molecule has 2 aromatic carbocycles. The summed E-state index contributed by atoms with van der Waals surface area (Å²) in [6, 6.07) is 18.0. The average molecular weight is 359 g/mol. The fraction of sp³-hybridized carbons (Fsp3) is 0.0952. The third-order valence-corrected chi connectivity index (χ3v) is 3.64. The highest BCUT2D eigenvalue weighted by molar-refractivity contribution is 5.69. The lowest BCUT2D eigenvalue weighted by atomic mass is 10.1. The van der Waals surface area contributed by atoms with Crippen LogP contribution in [0.3, 0.4) is 0 Å². The SMILES string of the molecule is C=C(COC)c1ccccc1Oc1cc(Oc2ccccc2C#N)ncn1.